The molecule has 0 fully saturated rings. The highest BCUT2D eigenvalue weighted by atomic mass is 16.5. The Bertz CT molecular complexity index is 664. The van der Waals surface area contributed by atoms with Crippen LogP contribution in [0.1, 0.15) is 5.56 Å². The van der Waals surface area contributed by atoms with E-state index in [1.807, 2.05) is 30.3 Å². The van der Waals surface area contributed by atoms with Gasteiger partial charge in [0, 0.05) is 24.8 Å². The van der Waals surface area contributed by atoms with E-state index in [2.05, 4.69) is 0 Å². The minimum atomic E-state index is -0.280. The van der Waals surface area contributed by atoms with Crippen molar-refractivity contribution in [1.82, 2.24) is 4.57 Å². The van der Waals surface area contributed by atoms with Crippen LogP contribution in [0, 0.1) is 0 Å². The van der Waals surface area contributed by atoms with E-state index in [-0.39, 0.29) is 12.2 Å². The van der Waals surface area contributed by atoms with Gasteiger partial charge < -0.3 is 19.1 Å². The molecular formula is C16H19NO4. The molecular weight excluding hydrogens is 270 g/mol. The third-order valence-electron chi connectivity index (χ3n) is 3.33. The first-order chi connectivity index (χ1) is 10.2. The molecule has 2 rings (SSSR count). The molecule has 0 amide bonds. The summed E-state index contributed by atoms with van der Waals surface area (Å²) in [5.41, 5.74) is 1.73. The first-order valence-electron chi connectivity index (χ1n) is 6.68. The van der Waals surface area contributed by atoms with E-state index in [9.17, 15) is 9.90 Å². The average molecular weight is 289 g/mol. The number of pyridine rings is 1. The maximum atomic E-state index is 12.4. The fourth-order valence-electron chi connectivity index (χ4n) is 2.24. The quantitative estimate of drug-likeness (QED) is 0.878. The minimum absolute atomic E-state index is 0.210. The lowest BCUT2D eigenvalue weighted by Gasteiger charge is -2.16. The van der Waals surface area contributed by atoms with Crippen molar-refractivity contribution in [1.29, 1.82) is 0 Å². The number of hydrogen-bond donors (Lipinski definition) is 1. The first-order valence-corrected chi connectivity index (χ1v) is 6.68. The van der Waals surface area contributed by atoms with Crippen molar-refractivity contribution in [2.45, 2.75) is 13.2 Å². The molecule has 0 bridgehead atoms. The summed E-state index contributed by atoms with van der Waals surface area (Å²) in [6, 6.07) is 11.0. The van der Waals surface area contributed by atoms with E-state index in [4.69, 9.17) is 9.47 Å². The third kappa shape index (κ3) is 3.15. The van der Waals surface area contributed by atoms with Crippen LogP contribution in [-0.4, -0.2) is 30.5 Å². The Morgan fingerprint density at radius 3 is 2.57 bits per heavy atom. The van der Waals surface area contributed by atoms with Gasteiger partial charge in [-0.15, -0.1) is 0 Å². The summed E-state index contributed by atoms with van der Waals surface area (Å²) in [7, 11) is 3.18. The van der Waals surface area contributed by atoms with Crippen molar-refractivity contribution in [2.24, 2.45) is 0 Å². The lowest BCUT2D eigenvalue weighted by atomic mass is 10.1. The molecule has 1 aromatic carbocycles. The Morgan fingerprint density at radius 1 is 1.14 bits per heavy atom. The molecule has 0 saturated heterocycles. The summed E-state index contributed by atoms with van der Waals surface area (Å²) in [6.07, 6.45) is 0. The number of aromatic nitrogens is 1. The van der Waals surface area contributed by atoms with E-state index >= 15 is 0 Å². The molecule has 0 radical (unpaired) electrons. The summed E-state index contributed by atoms with van der Waals surface area (Å²) >= 11 is 0. The van der Waals surface area contributed by atoms with Gasteiger partial charge in [0.1, 0.15) is 5.75 Å². The van der Waals surface area contributed by atoms with Gasteiger partial charge in [-0.25, -0.2) is 0 Å². The normalized spacial score (nSPS) is 10.6. The monoisotopic (exact) mass is 289 g/mol. The SMILES string of the molecule is COCCn1c(-c2ccccc2OC)ccc(CO)c1=O. The number of para-hydroxylation sites is 1. The van der Waals surface area contributed by atoms with Gasteiger partial charge in [0.15, 0.2) is 0 Å². The van der Waals surface area contributed by atoms with Gasteiger partial charge in [0.2, 0.25) is 0 Å². The zero-order valence-electron chi connectivity index (χ0n) is 12.2. The molecule has 0 saturated carbocycles. The maximum absolute atomic E-state index is 12.4. The second kappa shape index (κ2) is 7.06. The summed E-state index contributed by atoms with van der Waals surface area (Å²) in [5.74, 6) is 0.694. The predicted octanol–water partition coefficient (Wildman–Crippen LogP) is 1.66. The number of aliphatic hydroxyl groups is 1. The Kier molecular flexibility index (Phi) is 5.14. The van der Waals surface area contributed by atoms with Crippen molar-refractivity contribution in [2.75, 3.05) is 20.8 Å². The zero-order chi connectivity index (χ0) is 15.2. The van der Waals surface area contributed by atoms with Crippen molar-refractivity contribution in [3.05, 3.63) is 52.3 Å². The molecule has 0 spiro atoms. The molecule has 0 aliphatic carbocycles. The molecule has 0 aliphatic rings. The molecule has 5 heteroatoms. The molecule has 5 nitrogen and oxygen atoms in total. The number of hydrogen-bond acceptors (Lipinski definition) is 4. The van der Waals surface area contributed by atoms with E-state index in [0.29, 0.717) is 24.5 Å². The third-order valence-corrected chi connectivity index (χ3v) is 3.33. The Balaban J connectivity index is 2.62. The lowest BCUT2D eigenvalue weighted by molar-refractivity contribution is 0.186. The average Bonchev–Trinajstić information content (AvgIpc) is 2.53. The van der Waals surface area contributed by atoms with Crippen molar-refractivity contribution in [3.8, 4) is 17.0 Å². The molecule has 1 heterocycles. The number of methoxy groups -OCH3 is 2. The van der Waals surface area contributed by atoms with Crippen molar-refractivity contribution < 1.29 is 14.6 Å². The van der Waals surface area contributed by atoms with E-state index < -0.39 is 0 Å². The molecule has 0 aliphatic heterocycles. The summed E-state index contributed by atoms with van der Waals surface area (Å²) < 4.78 is 12.0. The number of nitrogens with zero attached hydrogens (tertiary/aromatic N) is 1. The van der Waals surface area contributed by atoms with Gasteiger partial charge >= 0.3 is 0 Å². The number of benzene rings is 1. The second-order valence-corrected chi connectivity index (χ2v) is 4.55. The fraction of sp³-hybridized carbons (Fsp3) is 0.312. The molecule has 2 aromatic rings. The highest BCUT2D eigenvalue weighted by Gasteiger charge is 2.13. The van der Waals surface area contributed by atoms with Crippen LogP contribution < -0.4 is 10.3 Å². The van der Waals surface area contributed by atoms with Crippen molar-refractivity contribution >= 4 is 0 Å². The van der Waals surface area contributed by atoms with Gasteiger partial charge in [0.05, 0.1) is 26.0 Å². The fourth-order valence-corrected chi connectivity index (χ4v) is 2.24. The van der Waals surface area contributed by atoms with Crippen LogP contribution in [0.2, 0.25) is 0 Å². The number of aliphatic hydroxyl groups excluding tert-OH is 1. The Labute approximate surface area is 123 Å². The standard InChI is InChI=1S/C16H19NO4/c1-20-10-9-17-14(8-7-12(11-18)16(17)19)13-5-3-4-6-15(13)21-2/h3-8,18H,9-11H2,1-2H3. The topological polar surface area (TPSA) is 60.7 Å². The molecule has 1 N–H and O–H groups in total. The van der Waals surface area contributed by atoms with Crippen LogP contribution in [0.3, 0.4) is 0 Å². The summed E-state index contributed by atoms with van der Waals surface area (Å²) in [6.45, 7) is 0.547. The van der Waals surface area contributed by atoms with Gasteiger partial charge in [-0.2, -0.15) is 0 Å². The first kappa shape index (κ1) is 15.3. The van der Waals surface area contributed by atoms with Crippen LogP contribution in [0.4, 0.5) is 0 Å². The molecule has 112 valence electrons. The molecule has 1 aromatic heterocycles. The highest BCUT2D eigenvalue weighted by molar-refractivity contribution is 5.67. The zero-order valence-corrected chi connectivity index (χ0v) is 12.2. The minimum Gasteiger partial charge on any atom is -0.496 e. The maximum Gasteiger partial charge on any atom is 0.256 e. The van der Waals surface area contributed by atoms with Crippen molar-refractivity contribution in [3.63, 3.8) is 0 Å². The summed E-state index contributed by atoms with van der Waals surface area (Å²) in [5, 5.41) is 9.26. The number of rotatable bonds is 6. The smallest absolute Gasteiger partial charge is 0.256 e. The highest BCUT2D eigenvalue weighted by Crippen LogP contribution is 2.28. The predicted molar refractivity (Wildman–Crippen MR) is 80.5 cm³/mol. The second-order valence-electron chi connectivity index (χ2n) is 4.55. The summed E-state index contributed by atoms with van der Waals surface area (Å²) in [4.78, 5) is 12.4. The van der Waals surface area contributed by atoms with E-state index in [1.165, 1.54) is 0 Å². The van der Waals surface area contributed by atoms with Crippen LogP contribution in [0.25, 0.3) is 11.3 Å². The van der Waals surface area contributed by atoms with Gasteiger partial charge in [-0.1, -0.05) is 12.1 Å². The largest absolute Gasteiger partial charge is 0.496 e. The number of ether oxygens (including phenoxy) is 2. The Morgan fingerprint density at radius 2 is 1.90 bits per heavy atom. The molecule has 0 unspecified atom stereocenters. The van der Waals surface area contributed by atoms with Gasteiger partial charge in [-0.05, 0) is 24.3 Å². The molecule has 0 atom stereocenters. The molecule has 21 heavy (non-hydrogen) atoms. The van der Waals surface area contributed by atoms with Gasteiger partial charge in [-0.3, -0.25) is 4.79 Å². The van der Waals surface area contributed by atoms with Crippen LogP contribution in [0.5, 0.6) is 5.75 Å². The van der Waals surface area contributed by atoms with Crippen LogP contribution in [0.15, 0.2) is 41.2 Å². The van der Waals surface area contributed by atoms with Crippen LogP contribution >= 0.6 is 0 Å². The van der Waals surface area contributed by atoms with E-state index in [0.717, 1.165) is 11.3 Å². The Hall–Kier alpha value is -2.11. The lowest BCUT2D eigenvalue weighted by Crippen LogP contribution is -2.26. The van der Waals surface area contributed by atoms with Crippen LogP contribution in [-0.2, 0) is 17.9 Å². The van der Waals surface area contributed by atoms with E-state index in [1.54, 1.807) is 24.9 Å². The van der Waals surface area contributed by atoms with Gasteiger partial charge in [0.25, 0.3) is 5.56 Å².